The van der Waals surface area contributed by atoms with Crippen molar-refractivity contribution in [2.75, 3.05) is 82.6 Å². The van der Waals surface area contributed by atoms with Crippen molar-refractivity contribution in [1.82, 2.24) is 78.2 Å². The summed E-state index contributed by atoms with van der Waals surface area (Å²) in [7, 11) is 3.33. The van der Waals surface area contributed by atoms with E-state index in [-0.39, 0.29) is 58.9 Å². The second kappa shape index (κ2) is 38.8. The number of nitrogens with zero attached hydrogens (tertiary/aromatic N) is 17. The van der Waals surface area contributed by atoms with Crippen molar-refractivity contribution >= 4 is 92.9 Å². The van der Waals surface area contributed by atoms with E-state index in [1.807, 2.05) is 140 Å². The van der Waals surface area contributed by atoms with Gasteiger partial charge in [0.15, 0.2) is 40.0 Å². The number of rotatable bonds is 27. The van der Waals surface area contributed by atoms with Crippen LogP contribution in [0.2, 0.25) is 0 Å². The minimum Gasteiger partial charge on any atom is -0.491 e. The molecule has 4 aliphatic carbocycles. The Kier molecular flexibility index (Phi) is 25.5. The molecule has 0 atom stereocenters. The first-order valence-corrected chi connectivity index (χ1v) is 43.3. The lowest BCUT2D eigenvalue weighted by Crippen LogP contribution is -2.36. The molecule has 5 fully saturated rings. The van der Waals surface area contributed by atoms with E-state index in [0.29, 0.717) is 71.4 Å². The van der Waals surface area contributed by atoms with E-state index in [1.165, 1.54) is 24.3 Å². The third kappa shape index (κ3) is 21.1. The highest BCUT2D eigenvalue weighted by atomic mass is 19.1. The number of carbonyl (C=O) groups is 4. The summed E-state index contributed by atoms with van der Waals surface area (Å²) in [5.41, 5.74) is 17.9. The molecule has 0 bridgehead atoms. The molecule has 0 unspecified atom stereocenters. The Morgan fingerprint density at radius 1 is 0.423 bits per heavy atom. The van der Waals surface area contributed by atoms with Gasteiger partial charge in [-0.15, -0.1) is 20.4 Å². The molecule has 21 rings (SSSR count). The minimum atomic E-state index is -0.767. The van der Waals surface area contributed by atoms with Crippen LogP contribution in [0, 0.1) is 48.2 Å². The molecule has 658 valence electrons. The lowest BCUT2D eigenvalue weighted by Gasteiger charge is -2.27. The summed E-state index contributed by atoms with van der Waals surface area (Å²) in [5.74, 6) is 0.227. The third-order valence-electron chi connectivity index (χ3n) is 22.6. The van der Waals surface area contributed by atoms with Crippen molar-refractivity contribution in [3.8, 4) is 50.8 Å². The second-order valence-electron chi connectivity index (χ2n) is 32.6. The molecule has 5 aliphatic rings. The number of hydrogen-bond donors (Lipinski definition) is 7. The van der Waals surface area contributed by atoms with Gasteiger partial charge in [0.25, 0.3) is 0 Å². The summed E-state index contributed by atoms with van der Waals surface area (Å²) >= 11 is 0. The van der Waals surface area contributed by atoms with Gasteiger partial charge >= 0.3 is 0 Å². The van der Waals surface area contributed by atoms with Gasteiger partial charge in [-0.2, -0.15) is 24.3 Å². The first-order valence-electron chi connectivity index (χ1n) is 43.3. The second-order valence-corrected chi connectivity index (χ2v) is 32.6. The van der Waals surface area contributed by atoms with Crippen molar-refractivity contribution in [2.45, 2.75) is 91.0 Å². The molecular formula is C97H93F3N24O6. The van der Waals surface area contributed by atoms with Gasteiger partial charge in [-0.05, 0) is 184 Å². The fraction of sp³-hybridized carbons (Fsp3) is 0.247. The van der Waals surface area contributed by atoms with Gasteiger partial charge in [0.05, 0.1) is 66.4 Å². The molecule has 33 heteroatoms. The van der Waals surface area contributed by atoms with Crippen LogP contribution in [0.4, 0.5) is 59.8 Å². The van der Waals surface area contributed by atoms with Crippen LogP contribution in [0.3, 0.4) is 0 Å². The Bertz CT molecular complexity index is 6740. The molecule has 5 aromatic carbocycles. The number of benzene rings is 5. The average Bonchev–Trinajstić information content (AvgIpc) is 1.64. The molecule has 11 aromatic heterocycles. The molecular weight excluding hydrogens is 1650 g/mol. The maximum absolute atomic E-state index is 14.3. The topological polar surface area (TPSA) is 337 Å². The molecule has 0 radical (unpaired) electrons. The van der Waals surface area contributed by atoms with Gasteiger partial charge < -0.3 is 30.3 Å². The van der Waals surface area contributed by atoms with Crippen molar-refractivity contribution in [1.29, 1.82) is 0 Å². The Morgan fingerprint density at radius 2 is 0.815 bits per heavy atom. The summed E-state index contributed by atoms with van der Waals surface area (Å²) in [6, 6.07) is 69.6. The molecule has 0 spiro atoms. The number of aryl methyl sites for hydroxylation is 1. The standard InChI is InChI=1S/C26H27N7O2.C24H21F2N5O2.C24H24N6O.C23H21FN6O/c34-25(20-8-9-20)30-26-29-24-3-1-2-22(33(24)31-26)19-6-4-18(5-7-19)16-27-21-10-11-23(28-17-21)32-12-14-35-15-13-32;1-33-22-17(25)11-12-18(21(22)26)27-13-14-5-7-15(8-6-14)19-3-2-4-20-28-24(30-31(19)20)29-23(32)16-9-10-16;1-29(16-18-4-3-13-25-14-18)15-17-7-9-19(10-8-17)21-5-2-6-22-26-24(28-30(21)22)27-23(31)20-11-12-20;1-14-5-12-18(21(24)26-14)25-13-15-6-8-16(9-7-15)19-3-2-4-20-27-23(29-30(19)20)28-22(31)17-10-11-17/h1-7,10-11,17,20,27H,8-9,12-16H2,(H,30,31,34);2-8,11-12,16,27H,9-10,13H2,1H3,(H,29,30,32);2-10,13-14,20H,11-12,15-16H2,1H3,(H,27,28,31);2-9,12,17,25H,10-11,13H2,1H3,(H,28,29,31). The van der Waals surface area contributed by atoms with E-state index in [4.69, 9.17) is 9.47 Å². The van der Waals surface area contributed by atoms with E-state index < -0.39 is 23.3 Å². The normalized spacial score (nSPS) is 14.0. The highest BCUT2D eigenvalue weighted by Crippen LogP contribution is 2.36. The van der Waals surface area contributed by atoms with E-state index in [9.17, 15) is 32.3 Å². The summed E-state index contributed by atoms with van der Waals surface area (Å²) in [6.45, 7) is 8.24. The molecule has 30 nitrogen and oxygen atoms in total. The van der Waals surface area contributed by atoms with Gasteiger partial charge in [0.2, 0.25) is 53.4 Å². The number of methoxy groups -OCH3 is 1. The molecule has 1 saturated heterocycles. The molecule has 7 N–H and O–H groups in total. The quantitative estimate of drug-likeness (QED) is 0.0235. The molecule has 130 heavy (non-hydrogen) atoms. The van der Waals surface area contributed by atoms with Crippen LogP contribution < -0.4 is 46.9 Å². The maximum atomic E-state index is 14.3. The predicted molar refractivity (Wildman–Crippen MR) is 490 cm³/mol. The number of morpholine rings is 1. The summed E-state index contributed by atoms with van der Waals surface area (Å²) in [4.78, 5) is 83.0. The van der Waals surface area contributed by atoms with Crippen molar-refractivity contribution in [2.24, 2.45) is 23.7 Å². The number of anilines is 8. The van der Waals surface area contributed by atoms with E-state index in [0.717, 1.165) is 170 Å². The molecule has 16 aromatic rings. The monoisotopic (exact) mass is 1750 g/mol. The summed E-state index contributed by atoms with van der Waals surface area (Å²) in [5, 5.41) is 38.7. The van der Waals surface area contributed by atoms with E-state index >= 15 is 0 Å². The third-order valence-corrected chi connectivity index (χ3v) is 22.6. The number of nitrogens with one attached hydrogen (secondary N) is 7. The van der Waals surface area contributed by atoms with Crippen LogP contribution in [-0.4, -0.2) is 142 Å². The fourth-order valence-electron chi connectivity index (χ4n) is 14.9. The molecule has 4 amide bonds. The number of fused-ring (bicyclic) bond motifs is 4. The highest BCUT2D eigenvalue weighted by Gasteiger charge is 2.34. The van der Waals surface area contributed by atoms with Crippen LogP contribution in [-0.2, 0) is 56.6 Å². The first-order chi connectivity index (χ1) is 63.5. The number of pyridine rings is 7. The van der Waals surface area contributed by atoms with Crippen LogP contribution >= 0.6 is 0 Å². The number of halogens is 3. The largest absolute Gasteiger partial charge is 0.491 e. The number of aromatic nitrogens is 15. The smallest absolute Gasteiger partial charge is 0.249 e. The number of amides is 4. The zero-order valence-corrected chi connectivity index (χ0v) is 71.5. The SMILES string of the molecule is CN(Cc1ccc(-c2cccc3nc(NC(=O)C4CC4)nn23)cc1)Cc1cccnc1.COc1c(F)ccc(NCc2ccc(-c3cccc4nc(NC(=O)C5CC5)nn34)cc2)c1F.Cc1ccc(NCc2ccc(-c3cccc4nc(NC(=O)C5CC5)nn34)cc2)c(F)n1.O=C(Nc1nc2cccc(-c3ccc(CNc4ccc(N5CCOCC5)nc4)cc3)n2n1)C1CC1. The number of carbonyl (C=O) groups excluding carboxylic acids is 4. The Morgan fingerprint density at radius 3 is 1.19 bits per heavy atom. The van der Waals surface area contributed by atoms with Crippen LogP contribution in [0.1, 0.15) is 84.9 Å². The fourth-order valence-corrected chi connectivity index (χ4v) is 14.9. The van der Waals surface area contributed by atoms with Crippen molar-refractivity contribution < 1.29 is 41.8 Å². The van der Waals surface area contributed by atoms with Gasteiger partial charge in [-0.25, -0.2) is 36.8 Å². The number of ether oxygens (including phenoxy) is 2. The van der Waals surface area contributed by atoms with Gasteiger partial charge in [0.1, 0.15) is 5.82 Å². The summed E-state index contributed by atoms with van der Waals surface area (Å²) in [6.07, 6.45) is 13.1. The number of hydrogen-bond acceptors (Lipinski definition) is 22. The minimum absolute atomic E-state index is 0.00486. The first kappa shape index (κ1) is 85.4. The van der Waals surface area contributed by atoms with Crippen LogP contribution in [0.15, 0.2) is 237 Å². The van der Waals surface area contributed by atoms with Crippen molar-refractivity contribution in [3.63, 3.8) is 0 Å². The van der Waals surface area contributed by atoms with E-state index in [2.05, 4.69) is 176 Å². The highest BCUT2D eigenvalue weighted by molar-refractivity contribution is 5.95. The van der Waals surface area contributed by atoms with Crippen molar-refractivity contribution in [3.05, 3.63) is 288 Å². The Labute approximate surface area is 745 Å². The zero-order chi connectivity index (χ0) is 89.1. The zero-order valence-electron chi connectivity index (χ0n) is 71.5. The van der Waals surface area contributed by atoms with Gasteiger partial charge in [-0.1, -0.05) is 127 Å². The molecule has 1 aliphatic heterocycles. The van der Waals surface area contributed by atoms with Crippen LogP contribution in [0.5, 0.6) is 5.75 Å². The van der Waals surface area contributed by atoms with Gasteiger partial charge in [-0.3, -0.25) is 50.3 Å². The summed E-state index contributed by atoms with van der Waals surface area (Å²) < 4.78 is 59.0. The van der Waals surface area contributed by atoms with E-state index in [1.54, 1.807) is 43.3 Å². The molecule has 4 saturated carbocycles. The predicted octanol–water partition coefficient (Wildman–Crippen LogP) is 16.2. The average molecular weight is 1750 g/mol. The molecule has 12 heterocycles. The maximum Gasteiger partial charge on any atom is 0.249 e. The van der Waals surface area contributed by atoms with Crippen LogP contribution in [0.25, 0.3) is 67.6 Å². The Hall–Kier alpha value is -15.4. The van der Waals surface area contributed by atoms with Gasteiger partial charge in [0, 0.05) is 110 Å². The lowest BCUT2D eigenvalue weighted by atomic mass is 10.1. The Balaban J connectivity index is 0.000000117. The lowest BCUT2D eigenvalue weighted by molar-refractivity contribution is -0.118.